The summed E-state index contributed by atoms with van der Waals surface area (Å²) in [6.45, 7) is 4.84. The van der Waals surface area contributed by atoms with Crippen molar-refractivity contribution in [2.24, 2.45) is 7.05 Å². The van der Waals surface area contributed by atoms with Crippen LogP contribution < -0.4 is 10.2 Å². The van der Waals surface area contributed by atoms with Gasteiger partial charge in [-0.15, -0.1) is 0 Å². The molecular formula is C23H22F3N7. The van der Waals surface area contributed by atoms with Crippen molar-refractivity contribution >= 4 is 22.5 Å². The van der Waals surface area contributed by atoms with E-state index in [1.54, 1.807) is 20.0 Å². The van der Waals surface area contributed by atoms with Crippen LogP contribution in [-0.4, -0.2) is 24.7 Å². The highest BCUT2D eigenvalue weighted by atomic mass is 19.3. The smallest absolute Gasteiger partial charge is 0.266 e. The number of hydrogen-bond acceptors (Lipinski definition) is 6. The molecule has 7 nitrogen and oxygen atoms in total. The summed E-state index contributed by atoms with van der Waals surface area (Å²) >= 11 is 0. The van der Waals surface area contributed by atoms with Crippen molar-refractivity contribution in [1.82, 2.24) is 24.7 Å². The molecule has 1 N–H and O–H groups in total. The van der Waals surface area contributed by atoms with E-state index in [0.717, 1.165) is 28.5 Å². The van der Waals surface area contributed by atoms with Gasteiger partial charge >= 0.3 is 0 Å². The van der Waals surface area contributed by atoms with Crippen molar-refractivity contribution in [2.75, 3.05) is 10.2 Å². The van der Waals surface area contributed by atoms with Gasteiger partial charge in [0, 0.05) is 30.1 Å². The van der Waals surface area contributed by atoms with Gasteiger partial charge < -0.3 is 10.2 Å². The van der Waals surface area contributed by atoms with Crippen molar-refractivity contribution in [3.05, 3.63) is 70.7 Å². The van der Waals surface area contributed by atoms with Gasteiger partial charge in [0.25, 0.3) is 6.43 Å². The number of benzene rings is 1. The van der Waals surface area contributed by atoms with Crippen molar-refractivity contribution in [3.8, 4) is 0 Å². The summed E-state index contributed by atoms with van der Waals surface area (Å²) in [5, 5.41) is 8.20. The molecular weight excluding hydrogens is 431 g/mol. The van der Waals surface area contributed by atoms with E-state index in [2.05, 4.69) is 30.3 Å². The van der Waals surface area contributed by atoms with Gasteiger partial charge in [-0.3, -0.25) is 4.68 Å². The number of nitrogens with zero attached hydrogens (tertiary/aromatic N) is 6. The molecule has 0 unspecified atom stereocenters. The van der Waals surface area contributed by atoms with Gasteiger partial charge in [0.1, 0.15) is 23.3 Å². The highest BCUT2D eigenvalue weighted by molar-refractivity contribution is 5.90. The van der Waals surface area contributed by atoms with Gasteiger partial charge in [0.2, 0.25) is 0 Å². The Labute approximate surface area is 188 Å². The summed E-state index contributed by atoms with van der Waals surface area (Å²) in [5.41, 5.74) is 2.47. The zero-order valence-electron chi connectivity index (χ0n) is 18.4. The summed E-state index contributed by atoms with van der Waals surface area (Å²) in [4.78, 5) is 15.7. The van der Waals surface area contributed by atoms with E-state index in [1.807, 2.05) is 24.0 Å². The zero-order valence-corrected chi connectivity index (χ0v) is 18.4. The molecule has 0 saturated heterocycles. The minimum absolute atomic E-state index is 0.147. The Bertz CT molecular complexity index is 1350. The lowest BCUT2D eigenvalue weighted by atomic mass is 10.0. The van der Waals surface area contributed by atoms with Crippen LogP contribution in [0.3, 0.4) is 0 Å². The molecule has 33 heavy (non-hydrogen) atoms. The van der Waals surface area contributed by atoms with E-state index >= 15 is 0 Å². The van der Waals surface area contributed by atoms with Gasteiger partial charge in [-0.2, -0.15) is 5.10 Å². The van der Waals surface area contributed by atoms with E-state index in [4.69, 9.17) is 0 Å². The first-order valence-electron chi connectivity index (χ1n) is 10.5. The van der Waals surface area contributed by atoms with Crippen molar-refractivity contribution in [3.63, 3.8) is 0 Å². The maximum atomic E-state index is 14.7. The highest BCUT2D eigenvalue weighted by Crippen LogP contribution is 2.33. The lowest BCUT2D eigenvalue weighted by Crippen LogP contribution is -2.18. The first kappa shape index (κ1) is 21.2. The Hall–Kier alpha value is -3.69. The van der Waals surface area contributed by atoms with Crippen LogP contribution in [0.15, 0.2) is 36.7 Å². The monoisotopic (exact) mass is 453 g/mol. The zero-order chi connectivity index (χ0) is 23.3. The number of pyridine rings is 1. The molecule has 1 aliphatic heterocycles. The Balaban J connectivity index is 1.49. The van der Waals surface area contributed by atoms with Crippen LogP contribution in [0.25, 0.3) is 10.9 Å². The number of fused-ring (bicyclic) bond motifs is 2. The second-order valence-electron chi connectivity index (χ2n) is 8.19. The molecule has 0 saturated carbocycles. The predicted octanol–water partition coefficient (Wildman–Crippen LogP) is 4.84. The molecule has 1 atom stereocenters. The van der Waals surface area contributed by atoms with Gasteiger partial charge in [-0.1, -0.05) is 18.2 Å². The maximum absolute atomic E-state index is 14.7. The third-order valence-electron chi connectivity index (χ3n) is 5.97. The molecule has 170 valence electrons. The molecule has 0 aliphatic carbocycles. The average molecular weight is 453 g/mol. The lowest BCUT2D eigenvalue weighted by Gasteiger charge is -2.20. The Morgan fingerprint density at radius 2 is 1.88 bits per heavy atom. The number of aryl methyl sites for hydroxylation is 2. The van der Waals surface area contributed by atoms with Crippen LogP contribution in [0.5, 0.6) is 0 Å². The van der Waals surface area contributed by atoms with Crippen LogP contribution in [0, 0.1) is 12.7 Å². The van der Waals surface area contributed by atoms with Crippen molar-refractivity contribution in [2.45, 2.75) is 39.4 Å². The van der Waals surface area contributed by atoms with E-state index in [-0.39, 0.29) is 5.56 Å². The number of alkyl halides is 2. The van der Waals surface area contributed by atoms with Crippen LogP contribution in [-0.2, 0) is 20.1 Å². The van der Waals surface area contributed by atoms with Crippen molar-refractivity contribution in [1.29, 1.82) is 0 Å². The molecule has 1 aliphatic rings. The Morgan fingerprint density at radius 1 is 1.09 bits per heavy atom. The quantitative estimate of drug-likeness (QED) is 0.466. The van der Waals surface area contributed by atoms with E-state index in [1.165, 1.54) is 12.1 Å². The second-order valence-corrected chi connectivity index (χ2v) is 8.19. The average Bonchev–Trinajstić information content (AvgIpc) is 3.35. The molecule has 0 amide bonds. The number of anilines is 2. The van der Waals surface area contributed by atoms with Gasteiger partial charge in [-0.25, -0.2) is 28.1 Å². The van der Waals surface area contributed by atoms with Gasteiger partial charge in [-0.05, 0) is 19.9 Å². The highest BCUT2D eigenvalue weighted by Gasteiger charge is 2.25. The molecule has 0 spiro atoms. The molecule has 0 radical (unpaired) electrons. The topological polar surface area (TPSA) is 71.8 Å². The van der Waals surface area contributed by atoms with Crippen LogP contribution in [0.1, 0.15) is 47.6 Å². The van der Waals surface area contributed by atoms with E-state index in [0.29, 0.717) is 30.2 Å². The first-order valence-corrected chi connectivity index (χ1v) is 10.5. The third-order valence-corrected chi connectivity index (χ3v) is 5.97. The number of hydrogen-bond donors (Lipinski definition) is 1. The summed E-state index contributed by atoms with van der Waals surface area (Å²) < 4.78 is 42.9. The fourth-order valence-electron chi connectivity index (χ4n) is 4.22. The normalized spacial score (nSPS) is 14.2. The largest absolute Gasteiger partial charge is 0.363 e. The second kappa shape index (κ2) is 8.02. The fourth-order valence-corrected chi connectivity index (χ4v) is 4.22. The first-order chi connectivity index (χ1) is 15.8. The van der Waals surface area contributed by atoms with Crippen LogP contribution in [0.2, 0.25) is 0 Å². The molecule has 3 aromatic heterocycles. The molecule has 0 bridgehead atoms. The van der Waals surface area contributed by atoms with Gasteiger partial charge in [0.05, 0.1) is 41.8 Å². The summed E-state index contributed by atoms with van der Waals surface area (Å²) in [7, 11) is 1.92. The minimum Gasteiger partial charge on any atom is -0.363 e. The number of nitrogens with one attached hydrogen (secondary N) is 1. The SMILES string of the molecule is Cc1nc(N[C@H](C)c2cccc(C(F)F)c2F)c2cc(N3Cc4cnn(C)c4C3)ncc2n1. The molecule has 10 heteroatoms. The number of rotatable bonds is 5. The summed E-state index contributed by atoms with van der Waals surface area (Å²) in [6.07, 6.45) is 0.668. The molecule has 4 aromatic rings. The van der Waals surface area contributed by atoms with E-state index < -0.39 is 23.8 Å². The molecule has 1 aromatic carbocycles. The third kappa shape index (κ3) is 3.75. The van der Waals surface area contributed by atoms with E-state index in [9.17, 15) is 13.2 Å². The van der Waals surface area contributed by atoms with Crippen molar-refractivity contribution < 1.29 is 13.2 Å². The molecule has 0 fully saturated rings. The molecule has 5 rings (SSSR count). The number of halogens is 3. The van der Waals surface area contributed by atoms with Gasteiger partial charge in [0.15, 0.2) is 0 Å². The standard InChI is InChI=1S/C23H22F3N7/c1-12(15-5-4-6-16(21(15)24)22(25)26)29-23-17-7-20(27-9-18(17)30-13(2)31-23)33-10-14-8-28-32(3)19(14)11-33/h4-9,12,22H,10-11H2,1-3H3,(H,29,30,31)/t12-/m1/s1. The lowest BCUT2D eigenvalue weighted by molar-refractivity contribution is 0.146. The van der Waals surface area contributed by atoms with Crippen LogP contribution in [0.4, 0.5) is 24.8 Å². The Morgan fingerprint density at radius 3 is 2.64 bits per heavy atom. The number of aromatic nitrogens is 5. The predicted molar refractivity (Wildman–Crippen MR) is 119 cm³/mol. The molecule has 4 heterocycles. The maximum Gasteiger partial charge on any atom is 0.266 e. The van der Waals surface area contributed by atoms with Crippen LogP contribution >= 0.6 is 0 Å². The summed E-state index contributed by atoms with van der Waals surface area (Å²) in [6, 6.07) is 5.33. The minimum atomic E-state index is -2.88. The Kier molecular flexibility index (Phi) is 5.15. The fraction of sp³-hybridized carbons (Fsp3) is 0.304. The summed E-state index contributed by atoms with van der Waals surface area (Å²) in [5.74, 6) is 0.864.